The van der Waals surface area contributed by atoms with Crippen LogP contribution in [0.2, 0.25) is 0 Å². The second kappa shape index (κ2) is 4.71. The Morgan fingerprint density at radius 2 is 1.88 bits per heavy atom. The zero-order valence-electron chi connectivity index (χ0n) is 14.9. The molecule has 24 heavy (non-hydrogen) atoms. The number of carbonyl (C=O) groups is 2. The highest BCUT2D eigenvalue weighted by molar-refractivity contribution is 5.92. The van der Waals surface area contributed by atoms with Crippen LogP contribution in [0.4, 0.5) is 0 Å². The lowest BCUT2D eigenvalue weighted by molar-refractivity contribution is -0.133. The lowest BCUT2D eigenvalue weighted by Crippen LogP contribution is -2.50. The first-order valence-electron chi connectivity index (χ1n) is 9.93. The molecule has 3 fully saturated rings. The fourth-order valence-corrected chi connectivity index (χ4v) is 7.49. The van der Waals surface area contributed by atoms with Crippen LogP contribution in [0.1, 0.15) is 58.8 Å². The largest absolute Gasteiger partial charge is 0.299 e. The van der Waals surface area contributed by atoms with Gasteiger partial charge in [-0.25, -0.2) is 0 Å². The molecule has 128 valence electrons. The third-order valence-corrected chi connectivity index (χ3v) is 8.70. The van der Waals surface area contributed by atoms with E-state index in [-0.39, 0.29) is 16.6 Å². The monoisotopic (exact) mass is 324 g/mol. The first-order valence-corrected chi connectivity index (χ1v) is 9.93. The van der Waals surface area contributed by atoms with E-state index in [2.05, 4.69) is 26.0 Å². The summed E-state index contributed by atoms with van der Waals surface area (Å²) in [6, 6.07) is 0. The molecule has 0 aromatic heterocycles. The van der Waals surface area contributed by atoms with Crippen LogP contribution in [0, 0.1) is 40.4 Å². The molecule has 0 aliphatic heterocycles. The summed E-state index contributed by atoms with van der Waals surface area (Å²) < 4.78 is 0. The summed E-state index contributed by atoms with van der Waals surface area (Å²) in [5, 5.41) is 0. The van der Waals surface area contributed by atoms with E-state index in [4.69, 9.17) is 0 Å². The third-order valence-electron chi connectivity index (χ3n) is 8.70. The molecule has 0 amide bonds. The van der Waals surface area contributed by atoms with Gasteiger partial charge < -0.3 is 0 Å². The Kier molecular flexibility index (Phi) is 2.96. The summed E-state index contributed by atoms with van der Waals surface area (Å²) in [5.41, 5.74) is 1.33. The van der Waals surface area contributed by atoms with Crippen LogP contribution < -0.4 is 0 Å². The standard InChI is InChI=1S/C22H28O2/c1-21-10-8-14(23)12-13(21)6-7-17-18(21)9-11-22(2)19(17)15-4-3-5-16(15)20(22)24/h6-7,12,15-19H,3-5,8-11H2,1-2H3/t15-,16+,17+,18-,19-,21-,22-/m0/s1. The molecule has 0 saturated heterocycles. The molecule has 7 atom stereocenters. The predicted molar refractivity (Wildman–Crippen MR) is 93.2 cm³/mol. The Hall–Kier alpha value is -1.18. The highest BCUT2D eigenvalue weighted by Crippen LogP contribution is 2.67. The smallest absolute Gasteiger partial charge is 0.156 e. The zero-order chi connectivity index (χ0) is 16.7. The van der Waals surface area contributed by atoms with Crippen molar-refractivity contribution in [1.29, 1.82) is 0 Å². The molecule has 0 aromatic rings. The van der Waals surface area contributed by atoms with Crippen molar-refractivity contribution in [2.45, 2.75) is 58.8 Å². The zero-order valence-corrected chi connectivity index (χ0v) is 14.9. The average molecular weight is 324 g/mol. The highest BCUT2D eigenvalue weighted by Gasteiger charge is 2.64. The van der Waals surface area contributed by atoms with Gasteiger partial charge in [0.05, 0.1) is 0 Å². The van der Waals surface area contributed by atoms with Crippen LogP contribution in [0.5, 0.6) is 0 Å². The van der Waals surface area contributed by atoms with Gasteiger partial charge in [0.1, 0.15) is 5.78 Å². The summed E-state index contributed by atoms with van der Waals surface area (Å²) >= 11 is 0. The number of hydrogen-bond acceptors (Lipinski definition) is 2. The van der Waals surface area contributed by atoms with Crippen LogP contribution in [-0.4, -0.2) is 11.6 Å². The fraction of sp³-hybridized carbons (Fsp3) is 0.727. The first kappa shape index (κ1) is 15.1. The van der Waals surface area contributed by atoms with E-state index in [1.807, 2.05) is 6.08 Å². The lowest BCUT2D eigenvalue weighted by atomic mass is 9.48. The van der Waals surface area contributed by atoms with E-state index >= 15 is 0 Å². The van der Waals surface area contributed by atoms with Crippen molar-refractivity contribution in [2.24, 2.45) is 40.4 Å². The number of carbonyl (C=O) groups excluding carboxylic acids is 2. The van der Waals surface area contributed by atoms with E-state index in [0.29, 0.717) is 41.8 Å². The topological polar surface area (TPSA) is 34.1 Å². The normalized spacial score (nSPS) is 52.4. The number of hydrogen-bond donors (Lipinski definition) is 0. The summed E-state index contributed by atoms with van der Waals surface area (Å²) in [5.74, 6) is 3.56. The maximum atomic E-state index is 13.1. The van der Waals surface area contributed by atoms with Gasteiger partial charge in [-0.15, -0.1) is 0 Å². The molecule has 0 heterocycles. The SMILES string of the molecule is C[C@]12CCC(=O)C=C1C=C[C@H]1[C@@H]3[C@H]4CCC[C@H]4C(=O)[C@@]3(C)CC[C@@H]12. The van der Waals surface area contributed by atoms with Crippen LogP contribution >= 0.6 is 0 Å². The molecular formula is C22H28O2. The Labute approximate surface area is 144 Å². The molecule has 0 bridgehead atoms. The summed E-state index contributed by atoms with van der Waals surface area (Å²) in [4.78, 5) is 25.0. The Bertz CT molecular complexity index is 686. The van der Waals surface area contributed by atoms with Gasteiger partial charge in [-0.2, -0.15) is 0 Å². The fourth-order valence-electron chi connectivity index (χ4n) is 7.49. The minimum absolute atomic E-state index is 0.0800. The van der Waals surface area contributed by atoms with Crippen molar-refractivity contribution in [3.63, 3.8) is 0 Å². The van der Waals surface area contributed by atoms with Crippen LogP contribution in [0.3, 0.4) is 0 Å². The van der Waals surface area contributed by atoms with Crippen LogP contribution in [-0.2, 0) is 9.59 Å². The van der Waals surface area contributed by atoms with Crippen molar-refractivity contribution in [3.05, 3.63) is 23.8 Å². The number of ketones is 2. The molecule has 2 heteroatoms. The molecule has 0 radical (unpaired) electrons. The number of fused-ring (bicyclic) bond motifs is 7. The van der Waals surface area contributed by atoms with Crippen LogP contribution in [0.25, 0.3) is 0 Å². The molecule has 5 aliphatic rings. The Morgan fingerprint density at radius 3 is 2.71 bits per heavy atom. The van der Waals surface area contributed by atoms with Crippen molar-refractivity contribution in [2.75, 3.05) is 0 Å². The molecule has 0 unspecified atom stereocenters. The predicted octanol–water partition coefficient (Wildman–Crippen LogP) is 4.50. The second-order valence-electron chi connectivity index (χ2n) is 9.57. The van der Waals surface area contributed by atoms with E-state index in [9.17, 15) is 9.59 Å². The van der Waals surface area contributed by atoms with Gasteiger partial charge in [0.25, 0.3) is 0 Å². The molecule has 5 rings (SSSR count). The van der Waals surface area contributed by atoms with E-state index in [1.165, 1.54) is 18.4 Å². The number of Topliss-reactive ketones (excluding diaryl/α,β-unsaturated/α-hetero) is 1. The first-order chi connectivity index (χ1) is 11.4. The number of rotatable bonds is 0. The Morgan fingerprint density at radius 1 is 1.04 bits per heavy atom. The van der Waals surface area contributed by atoms with Crippen molar-refractivity contribution < 1.29 is 9.59 Å². The lowest BCUT2D eigenvalue weighted by Gasteiger charge is -2.55. The van der Waals surface area contributed by atoms with Gasteiger partial charge in [0, 0.05) is 17.8 Å². The Balaban J connectivity index is 1.60. The third kappa shape index (κ3) is 1.68. The average Bonchev–Trinajstić information content (AvgIpc) is 3.10. The van der Waals surface area contributed by atoms with Gasteiger partial charge in [-0.1, -0.05) is 32.4 Å². The van der Waals surface area contributed by atoms with E-state index < -0.39 is 0 Å². The molecular weight excluding hydrogens is 296 g/mol. The number of allylic oxidation sites excluding steroid dienone is 4. The maximum absolute atomic E-state index is 13.1. The molecule has 3 saturated carbocycles. The van der Waals surface area contributed by atoms with Gasteiger partial charge in [0.15, 0.2) is 5.78 Å². The minimum atomic E-state index is -0.0800. The van der Waals surface area contributed by atoms with E-state index in [1.54, 1.807) is 0 Å². The second-order valence-corrected chi connectivity index (χ2v) is 9.57. The van der Waals surface area contributed by atoms with Gasteiger partial charge >= 0.3 is 0 Å². The maximum Gasteiger partial charge on any atom is 0.156 e. The molecule has 5 aliphatic carbocycles. The van der Waals surface area contributed by atoms with Crippen molar-refractivity contribution in [3.8, 4) is 0 Å². The minimum Gasteiger partial charge on any atom is -0.299 e. The van der Waals surface area contributed by atoms with Crippen LogP contribution in [0.15, 0.2) is 23.8 Å². The highest BCUT2D eigenvalue weighted by atomic mass is 16.1. The van der Waals surface area contributed by atoms with Gasteiger partial charge in [0.2, 0.25) is 0 Å². The quantitative estimate of drug-likeness (QED) is 0.657. The molecule has 0 spiro atoms. The molecule has 0 N–H and O–H groups in total. The van der Waals surface area contributed by atoms with Crippen molar-refractivity contribution >= 4 is 11.6 Å². The van der Waals surface area contributed by atoms with Gasteiger partial charge in [-0.05, 0) is 72.8 Å². The van der Waals surface area contributed by atoms with Gasteiger partial charge in [-0.3, -0.25) is 9.59 Å². The molecule has 0 aromatic carbocycles. The molecule has 2 nitrogen and oxygen atoms in total. The van der Waals surface area contributed by atoms with E-state index in [0.717, 1.165) is 25.7 Å². The summed E-state index contributed by atoms with van der Waals surface area (Å²) in [6.07, 6.45) is 14.1. The summed E-state index contributed by atoms with van der Waals surface area (Å²) in [6.45, 7) is 4.67. The van der Waals surface area contributed by atoms with Crippen molar-refractivity contribution in [1.82, 2.24) is 0 Å². The summed E-state index contributed by atoms with van der Waals surface area (Å²) in [7, 11) is 0.